The maximum Gasteiger partial charge on any atom is 0.338 e. The van der Waals surface area contributed by atoms with Crippen molar-refractivity contribution in [1.29, 1.82) is 0 Å². The summed E-state index contributed by atoms with van der Waals surface area (Å²) in [6.07, 6.45) is 4.67. The van der Waals surface area contributed by atoms with Gasteiger partial charge in [0.05, 0.1) is 12.0 Å². The molecule has 0 aromatic heterocycles. The highest BCUT2D eigenvalue weighted by molar-refractivity contribution is 5.92. The van der Waals surface area contributed by atoms with Gasteiger partial charge in [0.2, 0.25) is 0 Å². The van der Waals surface area contributed by atoms with Crippen molar-refractivity contribution < 1.29 is 23.9 Å². The van der Waals surface area contributed by atoms with E-state index in [0.29, 0.717) is 18.4 Å². The molecule has 0 N–H and O–H groups in total. The average Bonchev–Trinajstić information content (AvgIpc) is 3.22. The van der Waals surface area contributed by atoms with Gasteiger partial charge in [-0.05, 0) is 18.2 Å². The highest BCUT2D eigenvalue weighted by Gasteiger charge is 2.50. The van der Waals surface area contributed by atoms with Gasteiger partial charge in [0.1, 0.15) is 12.2 Å². The summed E-state index contributed by atoms with van der Waals surface area (Å²) < 4.78 is 11.1. The zero-order valence-electron chi connectivity index (χ0n) is 16.8. The third-order valence-electron chi connectivity index (χ3n) is 5.50. The fraction of sp³-hybridized carbons (Fsp3) is 0.458. The van der Waals surface area contributed by atoms with Crippen molar-refractivity contribution in [3.05, 3.63) is 48.0 Å². The Morgan fingerprint density at radius 3 is 2.76 bits per heavy atom. The minimum Gasteiger partial charge on any atom is -0.462 e. The molecule has 1 saturated heterocycles. The number of rotatable bonds is 6. The van der Waals surface area contributed by atoms with Gasteiger partial charge in [-0.3, -0.25) is 9.59 Å². The standard InChI is InChI=1S/C24H26O5/c1-3-4-6-9-16(2)20(25)13-12-18-19-14-23(26)28-22(19)15-21(18)29-24(27)17-10-7-5-8-11-17/h5,7-8,10-13,16,18-19,21-22H,3,9,14-15H2,1-2H3/t16?,18-,19-,21-,22+/m1/s1. The van der Waals surface area contributed by atoms with Gasteiger partial charge in [-0.1, -0.05) is 38.1 Å². The van der Waals surface area contributed by atoms with Crippen LogP contribution in [0.15, 0.2) is 42.5 Å². The Kier molecular flexibility index (Phi) is 6.87. The minimum atomic E-state index is -0.426. The largest absolute Gasteiger partial charge is 0.462 e. The van der Waals surface area contributed by atoms with Crippen LogP contribution in [-0.4, -0.2) is 29.9 Å². The molecule has 29 heavy (non-hydrogen) atoms. The third kappa shape index (κ3) is 5.14. The molecule has 1 aromatic carbocycles. The maximum atomic E-state index is 12.5. The maximum absolute atomic E-state index is 12.5. The van der Waals surface area contributed by atoms with Crippen molar-refractivity contribution in [3.63, 3.8) is 0 Å². The van der Waals surface area contributed by atoms with Crippen LogP contribution >= 0.6 is 0 Å². The predicted octanol–water partition coefficient (Wildman–Crippen LogP) is 3.73. The molecule has 1 aliphatic heterocycles. The quantitative estimate of drug-likeness (QED) is 0.418. The second-order valence-corrected chi connectivity index (χ2v) is 7.59. The van der Waals surface area contributed by atoms with Gasteiger partial charge in [0, 0.05) is 37.0 Å². The number of benzene rings is 1. The first kappa shape index (κ1) is 20.9. The fourth-order valence-corrected chi connectivity index (χ4v) is 3.89. The molecule has 1 aromatic rings. The summed E-state index contributed by atoms with van der Waals surface area (Å²) in [5, 5.41) is 0. The second kappa shape index (κ2) is 9.56. The zero-order valence-corrected chi connectivity index (χ0v) is 16.8. The minimum absolute atomic E-state index is 0.0165. The number of fused-ring (bicyclic) bond motifs is 1. The molecule has 0 spiro atoms. The van der Waals surface area contributed by atoms with Gasteiger partial charge in [-0.15, -0.1) is 11.8 Å². The Bertz CT molecular complexity index is 845. The van der Waals surface area contributed by atoms with E-state index in [-0.39, 0.29) is 42.0 Å². The summed E-state index contributed by atoms with van der Waals surface area (Å²) in [6.45, 7) is 3.82. The molecule has 5 nitrogen and oxygen atoms in total. The number of ketones is 1. The molecule has 1 heterocycles. The van der Waals surface area contributed by atoms with E-state index in [1.54, 1.807) is 36.4 Å². The van der Waals surface area contributed by atoms with E-state index in [4.69, 9.17) is 9.47 Å². The van der Waals surface area contributed by atoms with Gasteiger partial charge >= 0.3 is 11.9 Å². The number of esters is 2. The molecule has 1 saturated carbocycles. The molecular formula is C24H26O5. The van der Waals surface area contributed by atoms with Crippen LogP contribution in [0.5, 0.6) is 0 Å². The van der Waals surface area contributed by atoms with E-state index >= 15 is 0 Å². The molecule has 2 aliphatic rings. The molecule has 3 rings (SSSR count). The molecule has 152 valence electrons. The van der Waals surface area contributed by atoms with Crippen LogP contribution in [0.4, 0.5) is 0 Å². The summed E-state index contributed by atoms with van der Waals surface area (Å²) in [7, 11) is 0. The number of hydrogen-bond donors (Lipinski definition) is 0. The lowest BCUT2D eigenvalue weighted by atomic mass is 9.90. The van der Waals surface area contributed by atoms with Gasteiger partial charge < -0.3 is 9.47 Å². The highest BCUT2D eigenvalue weighted by atomic mass is 16.6. The van der Waals surface area contributed by atoms with Crippen LogP contribution in [0, 0.1) is 29.6 Å². The van der Waals surface area contributed by atoms with Crippen LogP contribution in [0.25, 0.3) is 0 Å². The van der Waals surface area contributed by atoms with E-state index in [1.165, 1.54) is 0 Å². The van der Waals surface area contributed by atoms with Gasteiger partial charge in [-0.25, -0.2) is 4.79 Å². The molecular weight excluding hydrogens is 368 g/mol. The zero-order chi connectivity index (χ0) is 20.8. The number of hydrogen-bond acceptors (Lipinski definition) is 5. The molecule has 5 atom stereocenters. The Labute approximate surface area is 171 Å². The van der Waals surface area contributed by atoms with Crippen molar-refractivity contribution in [1.82, 2.24) is 0 Å². The first-order chi connectivity index (χ1) is 14.0. The number of carbonyl (C=O) groups is 3. The van der Waals surface area contributed by atoms with Crippen molar-refractivity contribution in [2.75, 3.05) is 0 Å². The molecule has 1 aliphatic carbocycles. The van der Waals surface area contributed by atoms with E-state index in [9.17, 15) is 14.4 Å². The number of ether oxygens (including phenoxy) is 2. The lowest BCUT2D eigenvalue weighted by Gasteiger charge is -2.20. The van der Waals surface area contributed by atoms with Crippen LogP contribution in [0.2, 0.25) is 0 Å². The van der Waals surface area contributed by atoms with Crippen molar-refractivity contribution in [2.24, 2.45) is 17.8 Å². The summed E-state index contributed by atoms with van der Waals surface area (Å²) in [5.74, 6) is 4.82. The van der Waals surface area contributed by atoms with Crippen molar-refractivity contribution >= 4 is 17.7 Å². The first-order valence-electron chi connectivity index (χ1n) is 10.1. The van der Waals surface area contributed by atoms with E-state index in [2.05, 4.69) is 11.8 Å². The smallest absolute Gasteiger partial charge is 0.338 e. The van der Waals surface area contributed by atoms with Gasteiger partial charge in [-0.2, -0.15) is 0 Å². The predicted molar refractivity (Wildman–Crippen MR) is 108 cm³/mol. The summed E-state index contributed by atoms with van der Waals surface area (Å²) in [6, 6.07) is 8.79. The van der Waals surface area contributed by atoms with Gasteiger partial charge in [0.25, 0.3) is 0 Å². The number of allylic oxidation sites excluding steroid dienone is 1. The Morgan fingerprint density at radius 1 is 1.28 bits per heavy atom. The Hall–Kier alpha value is -2.87. The normalized spacial score (nSPS) is 26.3. The molecule has 1 unspecified atom stereocenters. The molecule has 5 heteroatoms. The summed E-state index contributed by atoms with van der Waals surface area (Å²) in [4.78, 5) is 36.6. The second-order valence-electron chi connectivity index (χ2n) is 7.59. The third-order valence-corrected chi connectivity index (χ3v) is 5.50. The molecule has 2 fully saturated rings. The van der Waals surface area contributed by atoms with Crippen LogP contribution in [0.3, 0.4) is 0 Å². The van der Waals surface area contributed by atoms with E-state index in [1.807, 2.05) is 19.9 Å². The monoisotopic (exact) mass is 394 g/mol. The average molecular weight is 394 g/mol. The van der Waals surface area contributed by atoms with Crippen molar-refractivity contribution in [2.45, 2.75) is 51.7 Å². The van der Waals surface area contributed by atoms with E-state index in [0.717, 1.165) is 6.42 Å². The van der Waals surface area contributed by atoms with Gasteiger partial charge in [0.15, 0.2) is 5.78 Å². The highest BCUT2D eigenvalue weighted by Crippen LogP contribution is 2.43. The van der Waals surface area contributed by atoms with Crippen LogP contribution in [-0.2, 0) is 19.1 Å². The topological polar surface area (TPSA) is 69.7 Å². The summed E-state index contributed by atoms with van der Waals surface area (Å²) >= 11 is 0. The van der Waals surface area contributed by atoms with Crippen molar-refractivity contribution in [3.8, 4) is 11.8 Å². The van der Waals surface area contributed by atoms with Crippen LogP contribution in [0.1, 0.15) is 49.9 Å². The molecule has 0 radical (unpaired) electrons. The first-order valence-corrected chi connectivity index (χ1v) is 10.1. The SMILES string of the molecule is CCC#CCC(C)C(=O)C=C[C@@H]1[C@H]2CC(=O)O[C@H]2C[C@H]1OC(=O)c1ccccc1. The lowest BCUT2D eigenvalue weighted by Crippen LogP contribution is -2.25. The Morgan fingerprint density at radius 2 is 2.03 bits per heavy atom. The Balaban J connectivity index is 1.70. The van der Waals surface area contributed by atoms with E-state index < -0.39 is 12.1 Å². The fourth-order valence-electron chi connectivity index (χ4n) is 3.89. The lowest BCUT2D eigenvalue weighted by molar-refractivity contribution is -0.141. The molecule has 0 bridgehead atoms. The summed E-state index contributed by atoms with van der Waals surface area (Å²) in [5.41, 5.74) is 0.475. The van der Waals surface area contributed by atoms with Crippen LogP contribution < -0.4 is 0 Å². The number of carbonyl (C=O) groups excluding carboxylic acids is 3. The molecule has 0 amide bonds.